The van der Waals surface area contributed by atoms with Crippen LogP contribution >= 0.6 is 19.4 Å². The molecule has 6 nitrogen and oxygen atoms in total. The van der Waals surface area contributed by atoms with Gasteiger partial charge in [-0.2, -0.15) is 11.8 Å². The first-order valence-corrected chi connectivity index (χ1v) is 17.8. The summed E-state index contributed by atoms with van der Waals surface area (Å²) in [5, 5.41) is 0.582. The molecule has 0 spiro atoms. The molecule has 1 N–H and O–H groups in total. The van der Waals surface area contributed by atoms with Crippen LogP contribution in [0.2, 0.25) is 0 Å². The second kappa shape index (κ2) is 24.9. The van der Waals surface area contributed by atoms with Crippen LogP contribution < -0.4 is 0 Å². The van der Waals surface area contributed by atoms with Gasteiger partial charge in [-0.1, -0.05) is 104 Å². The summed E-state index contributed by atoms with van der Waals surface area (Å²) in [6, 6.07) is 0. The van der Waals surface area contributed by atoms with E-state index in [2.05, 4.69) is 25.6 Å². The van der Waals surface area contributed by atoms with Crippen molar-refractivity contribution in [3.63, 3.8) is 0 Å². The highest BCUT2D eigenvalue weighted by molar-refractivity contribution is 7.99. The Labute approximate surface area is 233 Å². The highest BCUT2D eigenvalue weighted by Crippen LogP contribution is 2.44. The largest absolute Gasteiger partial charge is 0.454 e. The molecule has 0 aliphatic rings. The molecule has 3 atom stereocenters. The second-order valence-electron chi connectivity index (χ2n) is 10.6. The first kappa shape index (κ1) is 36.9. The average Bonchev–Trinajstić information content (AvgIpc) is 2.85. The van der Waals surface area contributed by atoms with E-state index in [1.54, 1.807) is 20.8 Å². The fraction of sp³-hybridized carbons (Fsp3) is 0.966. The number of carbonyl (C=O) groups is 1. The maximum Gasteiger partial charge on any atom is 0.435 e. The SMILES string of the molecule is CCCCCCCCCCCSC(CCCCCCCC)CCOC(C)COP(=O)(O)C(=O)OC(C)C. The Bertz CT molecular complexity index is 575. The second-order valence-corrected chi connectivity index (χ2v) is 13.7. The number of hydrogen-bond acceptors (Lipinski definition) is 6. The van der Waals surface area contributed by atoms with Gasteiger partial charge >= 0.3 is 13.3 Å². The van der Waals surface area contributed by atoms with Crippen LogP contribution in [0.4, 0.5) is 4.79 Å². The summed E-state index contributed by atoms with van der Waals surface area (Å²) >= 11 is 2.09. The Morgan fingerprint density at radius 3 is 1.84 bits per heavy atom. The van der Waals surface area contributed by atoms with Crippen LogP contribution in [-0.2, 0) is 18.6 Å². The molecule has 8 heteroatoms. The lowest BCUT2D eigenvalue weighted by Gasteiger charge is -2.20. The zero-order valence-electron chi connectivity index (χ0n) is 24.7. The molecule has 0 saturated heterocycles. The molecule has 0 radical (unpaired) electrons. The van der Waals surface area contributed by atoms with Crippen LogP contribution in [0.1, 0.15) is 144 Å². The predicted molar refractivity (Wildman–Crippen MR) is 159 cm³/mol. The number of rotatable bonds is 27. The molecule has 37 heavy (non-hydrogen) atoms. The summed E-state index contributed by atoms with van der Waals surface area (Å²) in [4.78, 5) is 21.5. The van der Waals surface area contributed by atoms with Crippen LogP contribution in [-0.4, -0.2) is 47.0 Å². The minimum absolute atomic E-state index is 0.116. The van der Waals surface area contributed by atoms with Crippen LogP contribution in [0.3, 0.4) is 0 Å². The zero-order valence-corrected chi connectivity index (χ0v) is 26.4. The van der Waals surface area contributed by atoms with E-state index >= 15 is 0 Å². The van der Waals surface area contributed by atoms with Crippen molar-refractivity contribution in [1.82, 2.24) is 0 Å². The number of unbranched alkanes of at least 4 members (excludes halogenated alkanes) is 13. The molecule has 0 fully saturated rings. The average molecular weight is 567 g/mol. The van der Waals surface area contributed by atoms with Gasteiger partial charge in [0.15, 0.2) is 0 Å². The van der Waals surface area contributed by atoms with Gasteiger partial charge in [0.1, 0.15) is 0 Å². The first-order valence-electron chi connectivity index (χ1n) is 15.1. The van der Waals surface area contributed by atoms with Gasteiger partial charge in [-0.3, -0.25) is 4.52 Å². The lowest BCUT2D eigenvalue weighted by molar-refractivity contribution is 0.0270. The Kier molecular flexibility index (Phi) is 24.9. The molecule has 222 valence electrons. The minimum atomic E-state index is -4.45. The lowest BCUT2D eigenvalue weighted by Crippen LogP contribution is -2.20. The highest BCUT2D eigenvalue weighted by atomic mass is 32.2. The van der Waals surface area contributed by atoms with Crippen molar-refractivity contribution in [1.29, 1.82) is 0 Å². The minimum Gasteiger partial charge on any atom is -0.454 e. The van der Waals surface area contributed by atoms with E-state index in [-0.39, 0.29) is 12.7 Å². The number of thioether (sulfide) groups is 1. The van der Waals surface area contributed by atoms with Gasteiger partial charge in [0.25, 0.3) is 0 Å². The summed E-state index contributed by atoms with van der Waals surface area (Å²) in [6.45, 7) is 10.0. The summed E-state index contributed by atoms with van der Waals surface area (Å²) < 4.78 is 27.6. The van der Waals surface area contributed by atoms with Gasteiger partial charge in [0.2, 0.25) is 0 Å². The monoisotopic (exact) mass is 566 g/mol. The summed E-state index contributed by atoms with van der Waals surface area (Å²) in [5.74, 6) is 1.21. The zero-order chi connectivity index (χ0) is 27.8. The molecule has 0 aliphatic carbocycles. The normalized spacial score (nSPS) is 15.0. The van der Waals surface area contributed by atoms with E-state index in [0.29, 0.717) is 11.9 Å². The molecule has 0 aromatic rings. The molecule has 0 heterocycles. The predicted octanol–water partition coefficient (Wildman–Crippen LogP) is 9.91. The molecule has 0 bridgehead atoms. The van der Waals surface area contributed by atoms with Gasteiger partial charge in [0, 0.05) is 11.9 Å². The third-order valence-electron chi connectivity index (χ3n) is 6.37. The third kappa shape index (κ3) is 23.5. The fourth-order valence-electron chi connectivity index (χ4n) is 4.10. The molecule has 0 amide bonds. The van der Waals surface area contributed by atoms with E-state index in [4.69, 9.17) is 14.0 Å². The molecule has 3 unspecified atom stereocenters. The lowest BCUT2D eigenvalue weighted by atomic mass is 10.1. The van der Waals surface area contributed by atoms with Crippen molar-refractivity contribution in [2.45, 2.75) is 161 Å². The van der Waals surface area contributed by atoms with Gasteiger partial charge in [-0.05, 0) is 45.8 Å². The van der Waals surface area contributed by atoms with Crippen molar-refractivity contribution < 1.29 is 28.3 Å². The standard InChI is InChI=1S/C29H59O6PS/c1-6-8-10-12-14-15-16-18-20-24-37-28(21-19-17-13-11-9-7-2)22-23-33-27(5)25-34-36(31,32)29(30)35-26(3)4/h26-28H,6-25H2,1-5H3,(H,31,32). The maximum atomic E-state index is 12.0. The van der Waals surface area contributed by atoms with E-state index in [1.807, 2.05) is 0 Å². The molecule has 0 rings (SSSR count). The number of hydrogen-bond donors (Lipinski definition) is 1. The van der Waals surface area contributed by atoms with E-state index in [0.717, 1.165) is 6.42 Å². The third-order valence-corrected chi connectivity index (χ3v) is 8.91. The van der Waals surface area contributed by atoms with Crippen molar-refractivity contribution in [3.05, 3.63) is 0 Å². The van der Waals surface area contributed by atoms with E-state index < -0.39 is 19.4 Å². The molecule has 0 saturated carbocycles. The summed E-state index contributed by atoms with van der Waals surface area (Å²) in [5.41, 5.74) is -1.21. The Morgan fingerprint density at radius 1 is 0.784 bits per heavy atom. The molecule has 0 aliphatic heterocycles. The summed E-state index contributed by atoms with van der Waals surface area (Å²) in [6.07, 6.45) is 21.4. The van der Waals surface area contributed by atoms with Crippen LogP contribution in [0.25, 0.3) is 0 Å². The number of carbonyl (C=O) groups excluding carboxylic acids is 1. The molecule has 0 aromatic carbocycles. The first-order chi connectivity index (χ1) is 17.7. The highest BCUT2D eigenvalue weighted by Gasteiger charge is 2.34. The fourth-order valence-corrected chi connectivity index (χ4v) is 6.26. The Hall–Kier alpha value is -0.0700. The maximum absolute atomic E-state index is 12.0. The van der Waals surface area contributed by atoms with E-state index in [1.165, 1.54) is 108 Å². The van der Waals surface area contributed by atoms with Crippen molar-refractivity contribution in [2.75, 3.05) is 19.0 Å². The molecule has 0 aromatic heterocycles. The van der Waals surface area contributed by atoms with Crippen LogP contribution in [0.5, 0.6) is 0 Å². The van der Waals surface area contributed by atoms with E-state index in [9.17, 15) is 14.3 Å². The topological polar surface area (TPSA) is 82.1 Å². The van der Waals surface area contributed by atoms with Gasteiger partial charge in [-0.25, -0.2) is 9.36 Å². The van der Waals surface area contributed by atoms with Crippen molar-refractivity contribution >= 4 is 25.1 Å². The number of ether oxygens (including phenoxy) is 2. The molecular formula is C29H59O6PS. The van der Waals surface area contributed by atoms with Gasteiger partial charge < -0.3 is 14.4 Å². The Balaban J connectivity index is 4.26. The molecular weight excluding hydrogens is 507 g/mol. The quantitative estimate of drug-likeness (QED) is 0.0782. The van der Waals surface area contributed by atoms with Gasteiger partial charge in [0.05, 0.1) is 18.8 Å². The Morgan fingerprint density at radius 2 is 1.30 bits per heavy atom. The smallest absolute Gasteiger partial charge is 0.435 e. The van der Waals surface area contributed by atoms with Crippen LogP contribution in [0, 0.1) is 0 Å². The van der Waals surface area contributed by atoms with Crippen molar-refractivity contribution in [2.24, 2.45) is 0 Å². The summed E-state index contributed by atoms with van der Waals surface area (Å²) in [7, 11) is -4.45. The van der Waals surface area contributed by atoms with Crippen LogP contribution in [0.15, 0.2) is 0 Å². The van der Waals surface area contributed by atoms with Gasteiger partial charge in [-0.15, -0.1) is 0 Å². The van der Waals surface area contributed by atoms with Crippen molar-refractivity contribution in [3.8, 4) is 0 Å².